The highest BCUT2D eigenvalue weighted by Crippen LogP contribution is 2.18. The number of rotatable bonds is 3. The first-order valence-electron chi connectivity index (χ1n) is 3.75. The van der Waals surface area contributed by atoms with E-state index in [-0.39, 0.29) is 0 Å². The largest absolute Gasteiger partial charge is 0.298 e. The van der Waals surface area contributed by atoms with E-state index in [0.717, 1.165) is 17.2 Å². The van der Waals surface area contributed by atoms with Crippen LogP contribution >= 0.6 is 27.5 Å². The molecule has 0 spiro atoms. The Hall–Kier alpha value is -0.600. The van der Waals surface area contributed by atoms with Crippen LogP contribution < -0.4 is 0 Å². The summed E-state index contributed by atoms with van der Waals surface area (Å²) in [4.78, 5) is 10.4. The molecule has 0 aliphatic rings. The molecule has 1 nitrogen and oxygen atoms in total. The summed E-state index contributed by atoms with van der Waals surface area (Å²) in [7, 11) is 0. The second-order valence-corrected chi connectivity index (χ2v) is 3.51. The van der Waals surface area contributed by atoms with E-state index in [1.807, 2.05) is 18.2 Å². The predicted molar refractivity (Wildman–Crippen MR) is 59.7 cm³/mol. The lowest BCUT2D eigenvalue weighted by atomic mass is 10.1. The zero-order chi connectivity index (χ0) is 9.68. The van der Waals surface area contributed by atoms with Crippen molar-refractivity contribution in [2.45, 2.75) is 0 Å². The van der Waals surface area contributed by atoms with Crippen LogP contribution in [0, 0.1) is 0 Å². The number of hydrogen-bond acceptors (Lipinski definition) is 1. The predicted octanol–water partition coefficient (Wildman–Crippen LogP) is 3.56. The summed E-state index contributed by atoms with van der Waals surface area (Å²) in [6.45, 7) is 0. The summed E-state index contributed by atoms with van der Waals surface area (Å²) in [6, 6.07) is 5.22. The van der Waals surface area contributed by atoms with Crippen LogP contribution in [0.25, 0.3) is 6.08 Å². The van der Waals surface area contributed by atoms with Gasteiger partial charge in [-0.05, 0) is 11.6 Å². The highest BCUT2D eigenvalue weighted by atomic mass is 79.9. The van der Waals surface area contributed by atoms with E-state index in [2.05, 4.69) is 15.9 Å². The summed E-state index contributed by atoms with van der Waals surface area (Å²) in [5.41, 5.74) is 1.52. The lowest BCUT2D eigenvalue weighted by molar-refractivity contribution is 0.112. The van der Waals surface area contributed by atoms with E-state index >= 15 is 0 Å². The number of carbonyl (C=O) groups is 1. The van der Waals surface area contributed by atoms with Crippen molar-refractivity contribution in [1.29, 1.82) is 0 Å². The Kier molecular flexibility index (Phi) is 4.19. The lowest BCUT2D eigenvalue weighted by Crippen LogP contribution is -1.81. The third-order valence-electron chi connectivity index (χ3n) is 1.55. The summed E-state index contributed by atoms with van der Waals surface area (Å²) in [6.07, 6.45) is 4.64. The van der Waals surface area contributed by atoms with Crippen molar-refractivity contribution < 1.29 is 4.79 Å². The van der Waals surface area contributed by atoms with Crippen LogP contribution in [0.15, 0.2) is 24.3 Å². The minimum atomic E-state index is 0.598. The highest BCUT2D eigenvalue weighted by molar-refractivity contribution is 9.09. The van der Waals surface area contributed by atoms with Gasteiger partial charge in [-0.1, -0.05) is 51.8 Å². The molecule has 0 heterocycles. The molecule has 0 radical (unpaired) electrons. The van der Waals surface area contributed by atoms with E-state index in [1.54, 1.807) is 12.1 Å². The van der Waals surface area contributed by atoms with Crippen molar-refractivity contribution in [3.63, 3.8) is 0 Å². The lowest BCUT2D eigenvalue weighted by Gasteiger charge is -1.98. The SMILES string of the molecule is O=Cc1ccc(C=CCBr)c(Cl)c1. The van der Waals surface area contributed by atoms with E-state index in [0.29, 0.717) is 10.6 Å². The van der Waals surface area contributed by atoms with Gasteiger partial charge in [-0.2, -0.15) is 0 Å². The van der Waals surface area contributed by atoms with Gasteiger partial charge < -0.3 is 0 Å². The molecule has 0 saturated heterocycles. The molecular weight excluding hydrogens is 251 g/mol. The second kappa shape index (κ2) is 5.20. The quantitative estimate of drug-likeness (QED) is 0.599. The van der Waals surface area contributed by atoms with Gasteiger partial charge >= 0.3 is 0 Å². The van der Waals surface area contributed by atoms with E-state index in [4.69, 9.17) is 11.6 Å². The molecule has 0 aliphatic carbocycles. The minimum absolute atomic E-state index is 0.598. The number of carbonyl (C=O) groups excluding carboxylic acids is 1. The molecule has 0 N–H and O–H groups in total. The van der Waals surface area contributed by atoms with E-state index in [9.17, 15) is 4.79 Å². The van der Waals surface area contributed by atoms with Crippen molar-refractivity contribution in [3.8, 4) is 0 Å². The zero-order valence-corrected chi connectivity index (χ0v) is 9.18. The zero-order valence-electron chi connectivity index (χ0n) is 6.84. The van der Waals surface area contributed by atoms with Crippen LogP contribution in [0.2, 0.25) is 5.02 Å². The molecule has 0 aliphatic heterocycles. The first kappa shape index (κ1) is 10.5. The van der Waals surface area contributed by atoms with Crippen molar-refractivity contribution in [3.05, 3.63) is 40.4 Å². The third-order valence-corrected chi connectivity index (χ3v) is 2.25. The number of halogens is 2. The summed E-state index contributed by atoms with van der Waals surface area (Å²) >= 11 is 9.19. The number of alkyl halides is 1. The molecule has 0 aromatic heterocycles. The molecule has 1 aromatic rings. The Balaban J connectivity index is 2.98. The van der Waals surface area contributed by atoms with Crippen molar-refractivity contribution in [1.82, 2.24) is 0 Å². The first-order chi connectivity index (χ1) is 6.27. The number of allylic oxidation sites excluding steroid dienone is 1. The fraction of sp³-hybridized carbons (Fsp3) is 0.100. The Bertz CT molecular complexity index is 334. The number of benzene rings is 1. The topological polar surface area (TPSA) is 17.1 Å². The highest BCUT2D eigenvalue weighted by Gasteiger charge is 1.97. The normalized spacial score (nSPS) is 10.6. The molecule has 0 fully saturated rings. The Labute approximate surface area is 90.5 Å². The van der Waals surface area contributed by atoms with Gasteiger partial charge in [0.05, 0.1) is 0 Å². The van der Waals surface area contributed by atoms with Gasteiger partial charge in [-0.25, -0.2) is 0 Å². The van der Waals surface area contributed by atoms with Crippen LogP contribution in [-0.2, 0) is 0 Å². The standard InChI is InChI=1S/C10H8BrClO/c11-5-1-2-9-4-3-8(7-13)6-10(9)12/h1-4,6-7H,5H2. The molecular formula is C10H8BrClO. The molecule has 1 aromatic carbocycles. The fourth-order valence-electron chi connectivity index (χ4n) is 0.923. The first-order valence-corrected chi connectivity index (χ1v) is 5.25. The monoisotopic (exact) mass is 258 g/mol. The van der Waals surface area contributed by atoms with Crippen LogP contribution in [0.5, 0.6) is 0 Å². The van der Waals surface area contributed by atoms with Gasteiger partial charge in [-0.15, -0.1) is 0 Å². The van der Waals surface area contributed by atoms with Gasteiger partial charge in [0.25, 0.3) is 0 Å². The van der Waals surface area contributed by atoms with E-state index in [1.165, 1.54) is 0 Å². The maximum atomic E-state index is 10.4. The minimum Gasteiger partial charge on any atom is -0.298 e. The smallest absolute Gasteiger partial charge is 0.150 e. The molecule has 3 heteroatoms. The summed E-state index contributed by atoms with van der Waals surface area (Å²) < 4.78 is 0. The van der Waals surface area contributed by atoms with Gasteiger partial charge in [0.1, 0.15) is 6.29 Å². The van der Waals surface area contributed by atoms with Gasteiger partial charge in [-0.3, -0.25) is 4.79 Å². The molecule has 0 saturated carbocycles. The van der Waals surface area contributed by atoms with Crippen LogP contribution in [0.3, 0.4) is 0 Å². The summed E-state index contributed by atoms with van der Waals surface area (Å²) in [5.74, 6) is 0. The van der Waals surface area contributed by atoms with Crippen LogP contribution in [-0.4, -0.2) is 11.6 Å². The van der Waals surface area contributed by atoms with Gasteiger partial charge in [0.2, 0.25) is 0 Å². The third kappa shape index (κ3) is 2.98. The van der Waals surface area contributed by atoms with E-state index < -0.39 is 0 Å². The number of aldehydes is 1. The Morgan fingerprint density at radius 1 is 1.46 bits per heavy atom. The molecule has 0 amide bonds. The van der Waals surface area contributed by atoms with Crippen molar-refractivity contribution in [2.75, 3.05) is 5.33 Å². The molecule has 0 bridgehead atoms. The molecule has 0 unspecified atom stereocenters. The average molecular weight is 260 g/mol. The summed E-state index contributed by atoms with van der Waals surface area (Å²) in [5, 5.41) is 1.39. The second-order valence-electron chi connectivity index (χ2n) is 2.46. The van der Waals surface area contributed by atoms with Gasteiger partial charge in [0.15, 0.2) is 0 Å². The van der Waals surface area contributed by atoms with Crippen LogP contribution in [0.1, 0.15) is 15.9 Å². The molecule has 68 valence electrons. The van der Waals surface area contributed by atoms with Crippen LogP contribution in [0.4, 0.5) is 0 Å². The van der Waals surface area contributed by atoms with Crippen molar-refractivity contribution in [2.24, 2.45) is 0 Å². The molecule has 1 rings (SSSR count). The molecule has 0 atom stereocenters. The van der Waals surface area contributed by atoms with Gasteiger partial charge in [0, 0.05) is 15.9 Å². The van der Waals surface area contributed by atoms with Crippen molar-refractivity contribution >= 4 is 39.9 Å². The number of hydrogen-bond donors (Lipinski definition) is 0. The maximum Gasteiger partial charge on any atom is 0.150 e. The Morgan fingerprint density at radius 2 is 2.23 bits per heavy atom. The Morgan fingerprint density at radius 3 is 2.77 bits per heavy atom. The average Bonchev–Trinajstić information content (AvgIpc) is 2.16. The maximum absolute atomic E-state index is 10.4. The molecule has 13 heavy (non-hydrogen) atoms. The fourth-order valence-corrected chi connectivity index (χ4v) is 1.36.